The van der Waals surface area contributed by atoms with Crippen molar-refractivity contribution >= 4 is 17.8 Å². The Labute approximate surface area is 114 Å². The molecule has 1 fully saturated rings. The van der Waals surface area contributed by atoms with Crippen LogP contribution in [0.2, 0.25) is 0 Å². The van der Waals surface area contributed by atoms with Crippen LogP contribution in [0.25, 0.3) is 0 Å². The van der Waals surface area contributed by atoms with Gasteiger partial charge >= 0.3 is 5.97 Å². The number of primary amides is 1. The van der Waals surface area contributed by atoms with Crippen LogP contribution in [-0.2, 0) is 9.53 Å². The molecule has 2 rings (SSSR count). The van der Waals surface area contributed by atoms with Gasteiger partial charge < -0.3 is 20.5 Å². The van der Waals surface area contributed by atoms with Crippen molar-refractivity contribution in [3.63, 3.8) is 0 Å². The van der Waals surface area contributed by atoms with E-state index in [0.29, 0.717) is 0 Å². The van der Waals surface area contributed by atoms with E-state index in [4.69, 9.17) is 15.6 Å². The average molecular weight is 278 g/mol. The van der Waals surface area contributed by atoms with Crippen LogP contribution in [0.15, 0.2) is 24.3 Å². The van der Waals surface area contributed by atoms with Gasteiger partial charge in [-0.1, -0.05) is 6.07 Å². The summed E-state index contributed by atoms with van der Waals surface area (Å²) in [5.74, 6) is -2.22. The van der Waals surface area contributed by atoms with E-state index in [9.17, 15) is 14.4 Å². The summed E-state index contributed by atoms with van der Waals surface area (Å²) in [4.78, 5) is 35.8. The van der Waals surface area contributed by atoms with Gasteiger partial charge in [-0.05, 0) is 18.2 Å². The van der Waals surface area contributed by atoms with Crippen molar-refractivity contribution in [3.8, 4) is 0 Å². The Hall–Kier alpha value is -2.41. The number of nitrogens with zero attached hydrogens (tertiary/aromatic N) is 1. The lowest BCUT2D eigenvalue weighted by Gasteiger charge is -2.32. The molecule has 2 amide bonds. The van der Waals surface area contributed by atoms with Crippen LogP contribution in [0.4, 0.5) is 0 Å². The summed E-state index contributed by atoms with van der Waals surface area (Å²) in [6, 6.07) is 4.88. The van der Waals surface area contributed by atoms with Crippen LogP contribution in [-0.4, -0.2) is 53.6 Å². The van der Waals surface area contributed by atoms with E-state index >= 15 is 0 Å². The number of hydrogen-bond acceptors (Lipinski definition) is 4. The molecule has 0 aliphatic carbocycles. The number of carbonyl (C=O) groups excluding carboxylic acids is 2. The summed E-state index contributed by atoms with van der Waals surface area (Å²) in [5, 5.41) is 9.10. The minimum Gasteiger partial charge on any atom is -0.480 e. The van der Waals surface area contributed by atoms with Crippen molar-refractivity contribution in [2.75, 3.05) is 19.8 Å². The maximum atomic E-state index is 12.3. The lowest BCUT2D eigenvalue weighted by molar-refractivity contribution is -0.147. The second-order valence-corrected chi connectivity index (χ2v) is 4.37. The molecule has 1 heterocycles. The Morgan fingerprint density at radius 1 is 1.30 bits per heavy atom. The van der Waals surface area contributed by atoms with Gasteiger partial charge in [0.1, 0.15) is 0 Å². The number of carboxylic acids is 1. The monoisotopic (exact) mass is 278 g/mol. The van der Waals surface area contributed by atoms with Gasteiger partial charge in [0.05, 0.1) is 13.2 Å². The lowest BCUT2D eigenvalue weighted by atomic mass is 10.1. The van der Waals surface area contributed by atoms with Gasteiger partial charge in [0.15, 0.2) is 6.04 Å². The molecule has 0 aromatic heterocycles. The van der Waals surface area contributed by atoms with E-state index in [2.05, 4.69) is 0 Å². The summed E-state index contributed by atoms with van der Waals surface area (Å²) in [7, 11) is 0. The topological polar surface area (TPSA) is 110 Å². The highest BCUT2D eigenvalue weighted by Crippen LogP contribution is 2.14. The molecule has 1 aromatic rings. The van der Waals surface area contributed by atoms with E-state index < -0.39 is 23.8 Å². The highest BCUT2D eigenvalue weighted by Gasteiger charge is 2.33. The number of rotatable bonds is 3. The minimum absolute atomic E-state index is 0.0451. The van der Waals surface area contributed by atoms with Crippen LogP contribution in [0.1, 0.15) is 20.7 Å². The van der Waals surface area contributed by atoms with Gasteiger partial charge in [-0.25, -0.2) is 4.79 Å². The molecule has 106 valence electrons. The molecule has 3 N–H and O–H groups in total. The number of morpholine rings is 1. The second kappa shape index (κ2) is 5.70. The fourth-order valence-electron chi connectivity index (χ4n) is 2.02. The number of amides is 2. The Bertz CT molecular complexity index is 557. The Kier molecular flexibility index (Phi) is 3.99. The van der Waals surface area contributed by atoms with Gasteiger partial charge in [0, 0.05) is 17.7 Å². The summed E-state index contributed by atoms with van der Waals surface area (Å²) < 4.78 is 5.07. The highest BCUT2D eigenvalue weighted by atomic mass is 16.5. The number of ether oxygens (including phenoxy) is 1. The van der Waals surface area contributed by atoms with Crippen molar-refractivity contribution in [1.82, 2.24) is 4.90 Å². The first kappa shape index (κ1) is 14.0. The fraction of sp³-hybridized carbons (Fsp3) is 0.308. The van der Waals surface area contributed by atoms with E-state index in [-0.39, 0.29) is 30.9 Å². The number of aliphatic carboxylic acids is 1. The molecule has 0 bridgehead atoms. The minimum atomic E-state index is -1.12. The van der Waals surface area contributed by atoms with E-state index in [1.165, 1.54) is 29.2 Å². The van der Waals surface area contributed by atoms with Crippen molar-refractivity contribution in [1.29, 1.82) is 0 Å². The van der Waals surface area contributed by atoms with Crippen LogP contribution in [0, 0.1) is 0 Å². The van der Waals surface area contributed by atoms with Gasteiger partial charge in [-0.3, -0.25) is 9.59 Å². The zero-order valence-corrected chi connectivity index (χ0v) is 10.6. The van der Waals surface area contributed by atoms with E-state index in [1.54, 1.807) is 0 Å². The highest BCUT2D eigenvalue weighted by molar-refractivity contribution is 6.00. The first-order chi connectivity index (χ1) is 9.50. The van der Waals surface area contributed by atoms with E-state index in [1.807, 2.05) is 0 Å². The summed E-state index contributed by atoms with van der Waals surface area (Å²) in [6.07, 6.45) is 0. The first-order valence-corrected chi connectivity index (χ1v) is 6.02. The smallest absolute Gasteiger partial charge is 0.328 e. The number of carboxylic acid groups (broad SMARTS) is 1. The molecule has 7 nitrogen and oxygen atoms in total. The quantitative estimate of drug-likeness (QED) is 0.789. The third-order valence-corrected chi connectivity index (χ3v) is 3.07. The fourth-order valence-corrected chi connectivity index (χ4v) is 2.02. The molecular weight excluding hydrogens is 264 g/mol. The second-order valence-electron chi connectivity index (χ2n) is 4.37. The van der Waals surface area contributed by atoms with Crippen molar-refractivity contribution in [2.24, 2.45) is 5.73 Å². The molecule has 1 atom stereocenters. The van der Waals surface area contributed by atoms with Crippen molar-refractivity contribution in [2.45, 2.75) is 6.04 Å². The van der Waals surface area contributed by atoms with Crippen LogP contribution in [0.3, 0.4) is 0 Å². The first-order valence-electron chi connectivity index (χ1n) is 6.02. The third-order valence-electron chi connectivity index (χ3n) is 3.07. The number of hydrogen-bond donors (Lipinski definition) is 2. The summed E-state index contributed by atoms with van der Waals surface area (Å²) in [6.45, 7) is 0.429. The zero-order valence-electron chi connectivity index (χ0n) is 10.6. The Morgan fingerprint density at radius 3 is 2.65 bits per heavy atom. The predicted molar refractivity (Wildman–Crippen MR) is 68.2 cm³/mol. The van der Waals surface area contributed by atoms with Crippen LogP contribution >= 0.6 is 0 Å². The normalized spacial score (nSPS) is 18.6. The average Bonchev–Trinajstić information content (AvgIpc) is 2.46. The van der Waals surface area contributed by atoms with Gasteiger partial charge in [-0.15, -0.1) is 0 Å². The zero-order chi connectivity index (χ0) is 14.7. The molecule has 1 aliphatic heterocycles. The van der Waals surface area contributed by atoms with Crippen molar-refractivity contribution < 1.29 is 24.2 Å². The van der Waals surface area contributed by atoms with Crippen LogP contribution < -0.4 is 5.73 Å². The maximum absolute atomic E-state index is 12.3. The van der Waals surface area contributed by atoms with Gasteiger partial charge in [0.25, 0.3) is 5.91 Å². The molecule has 1 saturated heterocycles. The predicted octanol–water partition coefficient (Wildman–Crippen LogP) is -0.289. The Balaban J connectivity index is 2.27. The lowest BCUT2D eigenvalue weighted by Crippen LogP contribution is -2.52. The molecule has 1 aromatic carbocycles. The molecule has 1 aliphatic rings. The Morgan fingerprint density at radius 2 is 2.00 bits per heavy atom. The number of benzene rings is 1. The van der Waals surface area contributed by atoms with Crippen molar-refractivity contribution in [3.05, 3.63) is 35.4 Å². The third kappa shape index (κ3) is 2.77. The van der Waals surface area contributed by atoms with Crippen LogP contribution in [0.5, 0.6) is 0 Å². The molecular formula is C13H14N2O5. The number of nitrogens with two attached hydrogens (primary N) is 1. The number of carbonyl (C=O) groups is 3. The molecule has 1 unspecified atom stereocenters. The van der Waals surface area contributed by atoms with Gasteiger partial charge in [-0.2, -0.15) is 0 Å². The maximum Gasteiger partial charge on any atom is 0.328 e. The molecule has 20 heavy (non-hydrogen) atoms. The van der Waals surface area contributed by atoms with Gasteiger partial charge in [0.2, 0.25) is 5.91 Å². The standard InChI is InChI=1S/C13H14N2O5/c14-11(16)8-2-1-3-9(6-8)12(17)15-4-5-20-7-10(15)13(18)19/h1-3,6,10H,4-5,7H2,(H2,14,16)(H,18,19). The largest absolute Gasteiger partial charge is 0.480 e. The summed E-state index contributed by atoms with van der Waals surface area (Å²) in [5.41, 5.74) is 5.59. The molecule has 7 heteroatoms. The molecule has 0 radical (unpaired) electrons. The molecule has 0 saturated carbocycles. The van der Waals surface area contributed by atoms with E-state index in [0.717, 1.165) is 0 Å². The SMILES string of the molecule is NC(=O)c1cccc(C(=O)N2CCOCC2C(=O)O)c1. The summed E-state index contributed by atoms with van der Waals surface area (Å²) >= 11 is 0. The molecule has 0 spiro atoms.